The van der Waals surface area contributed by atoms with E-state index in [1.807, 2.05) is 78.9 Å². The van der Waals surface area contributed by atoms with Crippen LogP contribution in [0.2, 0.25) is 0 Å². The predicted octanol–water partition coefficient (Wildman–Crippen LogP) is 3.60. The highest BCUT2D eigenvalue weighted by Gasteiger charge is 2.22. The van der Waals surface area contributed by atoms with Crippen LogP contribution in [-0.2, 0) is 11.2 Å². The first-order valence-electron chi connectivity index (χ1n) is 9.55. The number of hydrogen-bond donors (Lipinski definition) is 2. The lowest BCUT2D eigenvalue weighted by Crippen LogP contribution is -2.44. The number of aromatic nitrogens is 1. The molecule has 0 saturated heterocycles. The Bertz CT molecular complexity index is 1130. The van der Waals surface area contributed by atoms with Crippen molar-refractivity contribution in [1.82, 2.24) is 10.3 Å². The zero-order valence-electron chi connectivity index (χ0n) is 15.8. The molecular formula is C24H21N3O2. The highest BCUT2D eigenvalue weighted by molar-refractivity contribution is 6.16. The van der Waals surface area contributed by atoms with E-state index in [1.54, 1.807) is 0 Å². The zero-order chi connectivity index (χ0) is 20.2. The molecule has 144 valence electrons. The molecule has 1 atom stereocenters. The largest absolute Gasteiger partial charge is 0.368 e. The number of nitrogens with two attached hydrogens (primary N) is 1. The standard InChI is InChI=1S/C24H21N3O2/c25-23(28)21(15-14-16-8-2-1-3-9-16)27-24(29)22-17-10-4-6-12-19(17)26-20-13-7-5-11-18(20)22/h1-13,21H,14-15H2,(H2,25,28)(H,27,29)/t21-/m0/s1. The maximum atomic E-state index is 13.3. The van der Waals surface area contributed by atoms with E-state index in [-0.39, 0.29) is 5.91 Å². The predicted molar refractivity (Wildman–Crippen MR) is 114 cm³/mol. The van der Waals surface area contributed by atoms with E-state index in [1.165, 1.54) is 0 Å². The number of carbonyl (C=O) groups excluding carboxylic acids is 2. The van der Waals surface area contributed by atoms with Crippen LogP contribution in [0.3, 0.4) is 0 Å². The van der Waals surface area contributed by atoms with Crippen LogP contribution in [0.15, 0.2) is 78.9 Å². The first-order valence-corrected chi connectivity index (χ1v) is 9.55. The van der Waals surface area contributed by atoms with Crippen molar-refractivity contribution in [3.63, 3.8) is 0 Å². The van der Waals surface area contributed by atoms with Crippen LogP contribution in [0.1, 0.15) is 22.3 Å². The molecule has 0 aliphatic carbocycles. The van der Waals surface area contributed by atoms with Crippen LogP contribution in [0.25, 0.3) is 21.8 Å². The minimum atomic E-state index is -0.756. The quantitative estimate of drug-likeness (QED) is 0.499. The first-order chi connectivity index (χ1) is 14.1. The van der Waals surface area contributed by atoms with E-state index in [0.717, 1.165) is 27.4 Å². The molecule has 0 saturated carbocycles. The maximum absolute atomic E-state index is 13.3. The summed E-state index contributed by atoms with van der Waals surface area (Å²) >= 11 is 0. The molecule has 3 aromatic carbocycles. The Hall–Kier alpha value is -3.73. The zero-order valence-corrected chi connectivity index (χ0v) is 15.8. The first kappa shape index (κ1) is 18.6. The number of aryl methyl sites for hydroxylation is 1. The lowest BCUT2D eigenvalue weighted by atomic mass is 10.0. The second-order valence-corrected chi connectivity index (χ2v) is 6.97. The summed E-state index contributed by atoms with van der Waals surface area (Å²) in [5, 5.41) is 4.34. The normalized spacial score (nSPS) is 12.0. The molecule has 0 radical (unpaired) electrons. The Morgan fingerprint density at radius 2 is 1.38 bits per heavy atom. The van der Waals surface area contributed by atoms with Gasteiger partial charge in [0, 0.05) is 10.8 Å². The Morgan fingerprint density at radius 3 is 1.97 bits per heavy atom. The molecule has 1 aromatic heterocycles. The number of carbonyl (C=O) groups is 2. The van der Waals surface area contributed by atoms with Crippen LogP contribution in [0, 0.1) is 0 Å². The molecule has 2 amide bonds. The number of fused-ring (bicyclic) bond motifs is 2. The molecule has 3 N–H and O–H groups in total. The monoisotopic (exact) mass is 383 g/mol. The minimum Gasteiger partial charge on any atom is -0.368 e. The van der Waals surface area contributed by atoms with Crippen molar-refractivity contribution in [1.29, 1.82) is 0 Å². The number of hydrogen-bond acceptors (Lipinski definition) is 3. The van der Waals surface area contributed by atoms with Crippen molar-refractivity contribution in [3.05, 3.63) is 90.0 Å². The van der Waals surface area contributed by atoms with Gasteiger partial charge in [0.15, 0.2) is 0 Å². The minimum absolute atomic E-state index is 0.323. The molecule has 5 heteroatoms. The van der Waals surface area contributed by atoms with Gasteiger partial charge >= 0.3 is 0 Å². The van der Waals surface area contributed by atoms with Crippen LogP contribution in [-0.4, -0.2) is 22.8 Å². The van der Waals surface area contributed by atoms with Crippen LogP contribution in [0.5, 0.6) is 0 Å². The molecule has 5 nitrogen and oxygen atoms in total. The van der Waals surface area contributed by atoms with Gasteiger partial charge in [-0.25, -0.2) is 4.98 Å². The Labute approximate surface area is 168 Å². The van der Waals surface area contributed by atoms with Crippen molar-refractivity contribution >= 4 is 33.6 Å². The van der Waals surface area contributed by atoms with Gasteiger partial charge in [-0.2, -0.15) is 0 Å². The fraction of sp³-hybridized carbons (Fsp3) is 0.125. The van der Waals surface area contributed by atoms with Crippen molar-refractivity contribution in [2.24, 2.45) is 5.73 Å². The number of nitrogens with zero attached hydrogens (tertiary/aromatic N) is 1. The summed E-state index contributed by atoms with van der Waals surface area (Å²) < 4.78 is 0. The summed E-state index contributed by atoms with van der Waals surface area (Å²) in [5.41, 5.74) is 8.65. The van der Waals surface area contributed by atoms with Gasteiger partial charge in [0.1, 0.15) is 6.04 Å². The van der Waals surface area contributed by atoms with Crippen LogP contribution >= 0.6 is 0 Å². The average Bonchev–Trinajstić information content (AvgIpc) is 2.75. The Morgan fingerprint density at radius 1 is 0.828 bits per heavy atom. The SMILES string of the molecule is NC(=O)[C@H](CCc1ccccc1)NC(=O)c1c2ccccc2nc2ccccc12. The van der Waals surface area contributed by atoms with Gasteiger partial charge in [-0.05, 0) is 30.5 Å². The molecule has 0 aliphatic heterocycles. The molecular weight excluding hydrogens is 362 g/mol. The number of primary amides is 1. The second-order valence-electron chi connectivity index (χ2n) is 6.97. The van der Waals surface area contributed by atoms with Crippen molar-refractivity contribution < 1.29 is 9.59 Å². The molecule has 0 bridgehead atoms. The molecule has 29 heavy (non-hydrogen) atoms. The third-order valence-corrected chi connectivity index (χ3v) is 5.03. The third-order valence-electron chi connectivity index (χ3n) is 5.03. The van der Waals surface area contributed by atoms with E-state index >= 15 is 0 Å². The number of amides is 2. The highest BCUT2D eigenvalue weighted by atomic mass is 16.2. The number of nitrogens with one attached hydrogen (secondary N) is 1. The van der Waals surface area contributed by atoms with Gasteiger partial charge in [-0.3, -0.25) is 9.59 Å². The van der Waals surface area contributed by atoms with Crippen LogP contribution in [0.4, 0.5) is 0 Å². The molecule has 1 heterocycles. The summed E-state index contributed by atoms with van der Waals surface area (Å²) in [6.45, 7) is 0. The smallest absolute Gasteiger partial charge is 0.253 e. The third kappa shape index (κ3) is 3.94. The van der Waals surface area contributed by atoms with E-state index in [2.05, 4.69) is 10.3 Å². The van der Waals surface area contributed by atoms with E-state index < -0.39 is 11.9 Å². The van der Waals surface area contributed by atoms with Gasteiger partial charge in [0.25, 0.3) is 5.91 Å². The van der Waals surface area contributed by atoms with Gasteiger partial charge < -0.3 is 11.1 Å². The lowest BCUT2D eigenvalue weighted by molar-refractivity contribution is -0.120. The van der Waals surface area contributed by atoms with E-state index in [0.29, 0.717) is 18.4 Å². The average molecular weight is 383 g/mol. The molecule has 0 aliphatic rings. The fourth-order valence-corrected chi connectivity index (χ4v) is 3.56. The van der Waals surface area contributed by atoms with E-state index in [4.69, 9.17) is 5.73 Å². The van der Waals surface area contributed by atoms with Crippen LogP contribution < -0.4 is 11.1 Å². The number of benzene rings is 3. The summed E-state index contributed by atoms with van der Waals surface area (Å²) in [7, 11) is 0. The number of para-hydroxylation sites is 2. The molecule has 4 aromatic rings. The second kappa shape index (κ2) is 8.10. The highest BCUT2D eigenvalue weighted by Crippen LogP contribution is 2.26. The number of pyridine rings is 1. The summed E-state index contributed by atoms with van der Waals surface area (Å²) in [4.78, 5) is 29.9. The van der Waals surface area contributed by atoms with Gasteiger partial charge in [0.05, 0.1) is 16.6 Å². The van der Waals surface area contributed by atoms with Crippen molar-refractivity contribution in [2.75, 3.05) is 0 Å². The summed E-state index contributed by atoms with van der Waals surface area (Å²) in [6.07, 6.45) is 1.08. The number of rotatable bonds is 6. The Balaban J connectivity index is 1.67. The molecule has 0 unspecified atom stereocenters. The van der Waals surface area contributed by atoms with E-state index in [9.17, 15) is 9.59 Å². The van der Waals surface area contributed by atoms with Gasteiger partial charge in [-0.1, -0.05) is 66.7 Å². The van der Waals surface area contributed by atoms with Crippen molar-refractivity contribution in [2.45, 2.75) is 18.9 Å². The molecule has 4 rings (SSSR count). The van der Waals surface area contributed by atoms with Crippen molar-refractivity contribution in [3.8, 4) is 0 Å². The molecule has 0 fully saturated rings. The summed E-state index contributed by atoms with van der Waals surface area (Å²) in [5.74, 6) is -0.867. The topological polar surface area (TPSA) is 85.1 Å². The maximum Gasteiger partial charge on any atom is 0.253 e. The molecule has 0 spiro atoms. The van der Waals surface area contributed by atoms with Gasteiger partial charge in [0.2, 0.25) is 5.91 Å². The Kier molecular flexibility index (Phi) is 5.20. The summed E-state index contributed by atoms with van der Waals surface area (Å²) in [6, 6.07) is 24.1. The lowest BCUT2D eigenvalue weighted by Gasteiger charge is -2.17. The van der Waals surface area contributed by atoms with Gasteiger partial charge in [-0.15, -0.1) is 0 Å². The fourth-order valence-electron chi connectivity index (χ4n) is 3.56.